The van der Waals surface area contributed by atoms with E-state index in [4.69, 9.17) is 0 Å². The average molecular weight is 252 g/mol. The third-order valence-corrected chi connectivity index (χ3v) is 5.15. The Bertz CT molecular complexity index is 597. The van der Waals surface area contributed by atoms with Crippen LogP contribution in [0.4, 0.5) is 0 Å². The Morgan fingerprint density at radius 3 is 2.84 bits per heavy atom. The lowest BCUT2D eigenvalue weighted by Gasteiger charge is -2.19. The number of benzene rings is 1. The minimum Gasteiger partial charge on any atom is -0.313 e. The zero-order chi connectivity index (χ0) is 12.8. The van der Waals surface area contributed by atoms with Crippen LogP contribution in [0.5, 0.6) is 0 Å². The molecule has 0 radical (unpaired) electrons. The zero-order valence-electron chi connectivity index (χ0n) is 11.3. The molecule has 2 fully saturated rings. The van der Waals surface area contributed by atoms with Gasteiger partial charge in [-0.2, -0.15) is 0 Å². The molecule has 98 valence electrons. The molecule has 2 saturated carbocycles. The highest BCUT2D eigenvalue weighted by molar-refractivity contribution is 5.79. The number of hydrogen-bond acceptors (Lipinski definition) is 2. The Morgan fingerprint density at radius 1 is 1.21 bits per heavy atom. The van der Waals surface area contributed by atoms with Crippen molar-refractivity contribution in [1.29, 1.82) is 0 Å². The van der Waals surface area contributed by atoms with Crippen molar-refractivity contribution in [1.82, 2.24) is 10.3 Å². The lowest BCUT2D eigenvalue weighted by molar-refractivity contribution is 0.445. The molecule has 0 spiro atoms. The van der Waals surface area contributed by atoms with Crippen LogP contribution in [0.1, 0.15) is 30.9 Å². The smallest absolute Gasteiger partial charge is 0.0702 e. The summed E-state index contributed by atoms with van der Waals surface area (Å²) in [5.74, 6) is 2.84. The van der Waals surface area contributed by atoms with E-state index in [9.17, 15) is 0 Å². The molecule has 1 N–H and O–H groups in total. The Labute approximate surface area is 114 Å². The van der Waals surface area contributed by atoms with E-state index in [1.807, 2.05) is 12.3 Å². The second-order valence-electron chi connectivity index (χ2n) is 6.06. The van der Waals surface area contributed by atoms with Crippen molar-refractivity contribution in [2.24, 2.45) is 17.8 Å². The molecule has 2 aromatic rings. The number of aromatic nitrogens is 1. The molecule has 4 rings (SSSR count). The molecule has 2 nitrogen and oxygen atoms in total. The van der Waals surface area contributed by atoms with Crippen molar-refractivity contribution in [3.05, 3.63) is 42.1 Å². The van der Waals surface area contributed by atoms with E-state index in [-0.39, 0.29) is 0 Å². The summed E-state index contributed by atoms with van der Waals surface area (Å²) in [7, 11) is 2.10. The van der Waals surface area contributed by atoms with Crippen molar-refractivity contribution < 1.29 is 0 Å². The van der Waals surface area contributed by atoms with E-state index >= 15 is 0 Å². The maximum atomic E-state index is 4.40. The first-order valence-electron chi connectivity index (χ1n) is 7.40. The van der Waals surface area contributed by atoms with E-state index < -0.39 is 0 Å². The fourth-order valence-corrected chi connectivity index (χ4v) is 4.24. The van der Waals surface area contributed by atoms with Gasteiger partial charge in [0, 0.05) is 17.6 Å². The third kappa shape index (κ3) is 1.78. The number of nitrogens with one attached hydrogen (secondary N) is 1. The van der Waals surface area contributed by atoms with Crippen molar-refractivity contribution in [2.75, 3.05) is 7.05 Å². The first-order valence-corrected chi connectivity index (χ1v) is 7.40. The van der Waals surface area contributed by atoms with Crippen LogP contribution in [0.15, 0.2) is 36.5 Å². The number of fused-ring (bicyclic) bond motifs is 2. The van der Waals surface area contributed by atoms with Crippen molar-refractivity contribution >= 4 is 10.9 Å². The molecule has 0 bridgehead atoms. The van der Waals surface area contributed by atoms with Crippen LogP contribution in [-0.4, -0.2) is 12.0 Å². The van der Waals surface area contributed by atoms with Crippen molar-refractivity contribution in [2.45, 2.75) is 25.3 Å². The lowest BCUT2D eigenvalue weighted by Crippen LogP contribution is -2.20. The van der Waals surface area contributed by atoms with Crippen LogP contribution in [0.25, 0.3) is 10.9 Å². The number of nitrogens with zero attached hydrogens (tertiary/aromatic N) is 1. The van der Waals surface area contributed by atoms with Gasteiger partial charge < -0.3 is 5.32 Å². The summed E-state index contributed by atoms with van der Waals surface area (Å²) in [6.45, 7) is 0. The van der Waals surface area contributed by atoms with Gasteiger partial charge in [-0.1, -0.05) is 18.6 Å². The lowest BCUT2D eigenvalue weighted by atomic mass is 9.96. The summed E-state index contributed by atoms with van der Waals surface area (Å²) >= 11 is 0. The van der Waals surface area contributed by atoms with Gasteiger partial charge in [-0.15, -0.1) is 0 Å². The third-order valence-electron chi connectivity index (χ3n) is 5.15. The molecule has 0 aliphatic heterocycles. The fourth-order valence-electron chi connectivity index (χ4n) is 4.24. The van der Waals surface area contributed by atoms with Crippen molar-refractivity contribution in [3.8, 4) is 0 Å². The fraction of sp³-hybridized carbons (Fsp3) is 0.471. The second kappa shape index (κ2) is 4.31. The molecule has 3 atom stereocenters. The van der Waals surface area contributed by atoms with Gasteiger partial charge in [0.2, 0.25) is 0 Å². The summed E-state index contributed by atoms with van der Waals surface area (Å²) in [5.41, 5.74) is 2.53. The maximum absolute atomic E-state index is 4.40. The predicted molar refractivity (Wildman–Crippen MR) is 77.9 cm³/mol. The average Bonchev–Trinajstić information content (AvgIpc) is 2.92. The van der Waals surface area contributed by atoms with Crippen LogP contribution in [0.3, 0.4) is 0 Å². The molecule has 2 aliphatic carbocycles. The number of rotatable bonds is 3. The standard InChI is InChI=1S/C17H20N2/c1-18-17(16-13-5-2-6-14(13)16)12-7-8-15-11(10-12)4-3-9-19-15/h3-4,7-10,13-14,16-18H,2,5-6H2,1H3. The highest BCUT2D eigenvalue weighted by Gasteiger charge is 2.55. The molecule has 2 aliphatic rings. The van der Waals surface area contributed by atoms with Crippen LogP contribution in [0, 0.1) is 17.8 Å². The van der Waals surface area contributed by atoms with Gasteiger partial charge in [0.15, 0.2) is 0 Å². The van der Waals surface area contributed by atoms with Gasteiger partial charge in [0.05, 0.1) is 5.52 Å². The molecule has 19 heavy (non-hydrogen) atoms. The Balaban J connectivity index is 1.68. The second-order valence-corrected chi connectivity index (χ2v) is 6.06. The zero-order valence-corrected chi connectivity index (χ0v) is 11.3. The molecular formula is C17H20N2. The minimum absolute atomic E-state index is 0.528. The summed E-state index contributed by atoms with van der Waals surface area (Å²) in [4.78, 5) is 4.40. The maximum Gasteiger partial charge on any atom is 0.0702 e. The van der Waals surface area contributed by atoms with Gasteiger partial charge in [0.25, 0.3) is 0 Å². The molecule has 3 unspecified atom stereocenters. The monoisotopic (exact) mass is 252 g/mol. The molecule has 1 heterocycles. The van der Waals surface area contributed by atoms with E-state index in [0.717, 1.165) is 23.3 Å². The molecule has 0 saturated heterocycles. The van der Waals surface area contributed by atoms with E-state index in [1.54, 1.807) is 0 Å². The van der Waals surface area contributed by atoms with Crippen LogP contribution < -0.4 is 5.32 Å². The topological polar surface area (TPSA) is 24.9 Å². The normalized spacial score (nSPS) is 30.3. The van der Waals surface area contributed by atoms with Gasteiger partial charge in [-0.05, 0) is 61.4 Å². The van der Waals surface area contributed by atoms with Crippen LogP contribution >= 0.6 is 0 Å². The quantitative estimate of drug-likeness (QED) is 0.903. The first-order chi connectivity index (χ1) is 9.38. The molecular weight excluding hydrogens is 232 g/mol. The molecule has 1 aromatic heterocycles. The number of hydrogen-bond donors (Lipinski definition) is 1. The summed E-state index contributed by atoms with van der Waals surface area (Å²) in [5, 5.41) is 4.81. The van der Waals surface area contributed by atoms with Gasteiger partial charge >= 0.3 is 0 Å². The van der Waals surface area contributed by atoms with Gasteiger partial charge in [0.1, 0.15) is 0 Å². The first kappa shape index (κ1) is 11.4. The Hall–Kier alpha value is -1.41. The Morgan fingerprint density at radius 2 is 2.05 bits per heavy atom. The van der Waals surface area contributed by atoms with E-state index in [2.05, 4.69) is 41.6 Å². The van der Waals surface area contributed by atoms with Gasteiger partial charge in [-0.3, -0.25) is 4.98 Å². The van der Waals surface area contributed by atoms with Gasteiger partial charge in [-0.25, -0.2) is 0 Å². The highest BCUT2D eigenvalue weighted by atomic mass is 14.9. The molecule has 1 aromatic carbocycles. The molecule has 2 heteroatoms. The largest absolute Gasteiger partial charge is 0.313 e. The van der Waals surface area contributed by atoms with E-state index in [1.165, 1.54) is 30.2 Å². The summed E-state index contributed by atoms with van der Waals surface area (Å²) in [6, 6.07) is 11.4. The molecule has 0 amide bonds. The SMILES string of the molecule is CNC(c1ccc2ncccc2c1)C1C2CCCC21. The summed E-state index contributed by atoms with van der Waals surface area (Å²) in [6.07, 6.45) is 6.21. The highest BCUT2D eigenvalue weighted by Crippen LogP contribution is 2.62. The summed E-state index contributed by atoms with van der Waals surface area (Å²) < 4.78 is 0. The van der Waals surface area contributed by atoms with E-state index in [0.29, 0.717) is 6.04 Å². The van der Waals surface area contributed by atoms with Crippen LogP contribution in [-0.2, 0) is 0 Å². The van der Waals surface area contributed by atoms with Crippen molar-refractivity contribution in [3.63, 3.8) is 0 Å². The minimum atomic E-state index is 0.528. The predicted octanol–water partition coefficient (Wildman–Crippen LogP) is 3.54. The Kier molecular flexibility index (Phi) is 2.59. The number of pyridine rings is 1. The van der Waals surface area contributed by atoms with Crippen LogP contribution in [0.2, 0.25) is 0 Å².